The van der Waals surface area contributed by atoms with E-state index in [-0.39, 0.29) is 22.3 Å². The van der Waals surface area contributed by atoms with Crippen molar-refractivity contribution in [3.05, 3.63) is 58.4 Å². The number of benzene rings is 2. The number of nitrogens with one attached hydrogen (secondary N) is 1. The van der Waals surface area contributed by atoms with Gasteiger partial charge in [-0.3, -0.25) is 4.79 Å². The Labute approximate surface area is 115 Å². The summed E-state index contributed by atoms with van der Waals surface area (Å²) in [6.07, 6.45) is 0. The van der Waals surface area contributed by atoms with Gasteiger partial charge in [0.25, 0.3) is 5.91 Å². The zero-order valence-corrected chi connectivity index (χ0v) is 11.0. The quantitative estimate of drug-likeness (QED) is 0.824. The molecule has 0 heterocycles. The molecule has 0 radical (unpaired) electrons. The molecule has 0 saturated carbocycles. The molecule has 0 spiro atoms. The lowest BCUT2D eigenvalue weighted by Gasteiger charge is -2.09. The third-order valence-corrected chi connectivity index (χ3v) is 3.11. The van der Waals surface area contributed by atoms with Crippen LogP contribution in [0.3, 0.4) is 0 Å². The van der Waals surface area contributed by atoms with Crippen LogP contribution in [0.4, 0.5) is 15.8 Å². The molecule has 19 heavy (non-hydrogen) atoms. The second-order valence-electron chi connectivity index (χ2n) is 4.13. The van der Waals surface area contributed by atoms with Crippen molar-refractivity contribution in [3.8, 4) is 0 Å². The van der Waals surface area contributed by atoms with Crippen molar-refractivity contribution in [1.29, 1.82) is 0 Å². The number of hydrogen-bond donors (Lipinski definition) is 2. The second kappa shape index (κ2) is 5.28. The summed E-state index contributed by atoms with van der Waals surface area (Å²) in [6.45, 7) is 1.62. The van der Waals surface area contributed by atoms with Crippen LogP contribution in [0.1, 0.15) is 15.9 Å². The first-order valence-corrected chi connectivity index (χ1v) is 5.98. The van der Waals surface area contributed by atoms with Gasteiger partial charge in [-0.2, -0.15) is 0 Å². The molecule has 5 heteroatoms. The fourth-order valence-electron chi connectivity index (χ4n) is 1.65. The third-order valence-electron chi connectivity index (χ3n) is 2.69. The molecule has 0 atom stereocenters. The third kappa shape index (κ3) is 2.85. The molecule has 0 saturated heterocycles. The smallest absolute Gasteiger partial charge is 0.257 e. The van der Waals surface area contributed by atoms with E-state index >= 15 is 0 Å². The van der Waals surface area contributed by atoms with Crippen LogP contribution in [0, 0.1) is 12.7 Å². The van der Waals surface area contributed by atoms with Crippen LogP contribution < -0.4 is 11.1 Å². The minimum absolute atomic E-state index is 0.207. The van der Waals surface area contributed by atoms with Gasteiger partial charge in [0.05, 0.1) is 16.3 Å². The molecule has 0 bridgehead atoms. The fourth-order valence-corrected chi connectivity index (χ4v) is 1.86. The molecule has 2 aromatic rings. The van der Waals surface area contributed by atoms with Gasteiger partial charge in [-0.1, -0.05) is 17.7 Å². The SMILES string of the molecule is Cc1cc(NC(=O)c2cccc(N)c2Cl)ccc1F. The van der Waals surface area contributed by atoms with Crippen LogP contribution in [0.5, 0.6) is 0 Å². The van der Waals surface area contributed by atoms with Crippen molar-refractivity contribution in [2.24, 2.45) is 0 Å². The molecular weight excluding hydrogens is 267 g/mol. The average Bonchev–Trinajstić information content (AvgIpc) is 2.37. The summed E-state index contributed by atoms with van der Waals surface area (Å²) in [5, 5.41) is 2.86. The zero-order valence-electron chi connectivity index (χ0n) is 10.2. The molecular formula is C14H12ClFN2O. The topological polar surface area (TPSA) is 55.1 Å². The molecule has 1 amide bonds. The highest BCUT2D eigenvalue weighted by Gasteiger charge is 2.12. The van der Waals surface area contributed by atoms with Gasteiger partial charge in [-0.25, -0.2) is 4.39 Å². The minimum atomic E-state index is -0.386. The van der Waals surface area contributed by atoms with Crippen molar-refractivity contribution in [1.82, 2.24) is 0 Å². The van der Waals surface area contributed by atoms with E-state index in [4.69, 9.17) is 17.3 Å². The summed E-state index contributed by atoms with van der Waals surface area (Å²) >= 11 is 5.96. The molecule has 0 fully saturated rings. The number of hydrogen-bond acceptors (Lipinski definition) is 2. The Balaban J connectivity index is 2.26. The molecule has 2 rings (SSSR count). The van der Waals surface area contributed by atoms with Gasteiger partial charge in [0.15, 0.2) is 0 Å². The normalized spacial score (nSPS) is 10.3. The van der Waals surface area contributed by atoms with Crippen molar-refractivity contribution in [2.75, 3.05) is 11.1 Å². The summed E-state index contributed by atoms with van der Waals surface area (Å²) in [5.41, 5.74) is 7.21. The van der Waals surface area contributed by atoms with Crippen LogP contribution in [0.25, 0.3) is 0 Å². The Kier molecular flexibility index (Phi) is 3.71. The van der Waals surface area contributed by atoms with Gasteiger partial charge in [0.1, 0.15) is 5.82 Å². The number of carbonyl (C=O) groups is 1. The number of anilines is 2. The van der Waals surface area contributed by atoms with Gasteiger partial charge in [-0.15, -0.1) is 0 Å². The van der Waals surface area contributed by atoms with E-state index in [0.29, 0.717) is 16.9 Å². The number of nitrogen functional groups attached to an aromatic ring is 1. The van der Waals surface area contributed by atoms with Crippen LogP contribution in [-0.4, -0.2) is 5.91 Å². The van der Waals surface area contributed by atoms with Crippen LogP contribution in [0.15, 0.2) is 36.4 Å². The fraction of sp³-hybridized carbons (Fsp3) is 0.0714. The summed E-state index contributed by atoms with van der Waals surface area (Å²) in [7, 11) is 0. The Morgan fingerprint density at radius 3 is 2.74 bits per heavy atom. The predicted octanol–water partition coefficient (Wildman–Crippen LogP) is 3.62. The summed E-state index contributed by atoms with van der Waals surface area (Å²) in [6, 6.07) is 9.16. The molecule has 0 aliphatic rings. The standard InChI is InChI=1S/C14H12ClFN2O/c1-8-7-9(5-6-11(8)16)18-14(19)10-3-2-4-12(17)13(10)15/h2-7H,17H2,1H3,(H,18,19). The van der Waals surface area contributed by atoms with Crippen LogP contribution in [0.2, 0.25) is 5.02 Å². The van der Waals surface area contributed by atoms with Crippen molar-refractivity contribution in [3.63, 3.8) is 0 Å². The first-order valence-electron chi connectivity index (χ1n) is 5.60. The van der Waals surface area contributed by atoms with Gasteiger partial charge >= 0.3 is 0 Å². The lowest BCUT2D eigenvalue weighted by atomic mass is 10.1. The van der Waals surface area contributed by atoms with E-state index in [1.54, 1.807) is 31.2 Å². The van der Waals surface area contributed by atoms with Gasteiger partial charge < -0.3 is 11.1 Å². The average molecular weight is 279 g/mol. The molecule has 98 valence electrons. The van der Waals surface area contributed by atoms with E-state index in [9.17, 15) is 9.18 Å². The van der Waals surface area contributed by atoms with Gasteiger partial charge in [0, 0.05) is 5.69 Å². The van der Waals surface area contributed by atoms with Crippen molar-refractivity contribution >= 4 is 28.9 Å². The monoisotopic (exact) mass is 278 g/mol. The number of nitrogens with two attached hydrogens (primary N) is 1. The summed E-state index contributed by atoms with van der Waals surface area (Å²) in [4.78, 5) is 12.0. The minimum Gasteiger partial charge on any atom is -0.398 e. The Morgan fingerprint density at radius 2 is 2.05 bits per heavy atom. The number of rotatable bonds is 2. The lowest BCUT2D eigenvalue weighted by molar-refractivity contribution is 0.102. The number of aryl methyl sites for hydroxylation is 1. The van der Waals surface area contributed by atoms with Crippen LogP contribution >= 0.6 is 11.6 Å². The molecule has 0 aliphatic heterocycles. The van der Waals surface area contributed by atoms with Gasteiger partial charge in [0.2, 0.25) is 0 Å². The number of halogens is 2. The van der Waals surface area contributed by atoms with Crippen molar-refractivity contribution in [2.45, 2.75) is 6.92 Å². The maximum absolute atomic E-state index is 13.1. The second-order valence-corrected chi connectivity index (χ2v) is 4.50. The highest BCUT2D eigenvalue weighted by atomic mass is 35.5. The predicted molar refractivity (Wildman–Crippen MR) is 75.0 cm³/mol. The molecule has 0 aliphatic carbocycles. The van der Waals surface area contributed by atoms with E-state index in [0.717, 1.165) is 0 Å². The maximum Gasteiger partial charge on any atom is 0.257 e. The highest BCUT2D eigenvalue weighted by molar-refractivity contribution is 6.36. The molecule has 0 unspecified atom stereocenters. The van der Waals surface area contributed by atoms with E-state index in [2.05, 4.69) is 5.32 Å². The number of carbonyl (C=O) groups excluding carboxylic acids is 1. The summed E-state index contributed by atoms with van der Waals surface area (Å²) in [5.74, 6) is -0.705. The lowest BCUT2D eigenvalue weighted by Crippen LogP contribution is -2.13. The molecule has 3 N–H and O–H groups in total. The van der Waals surface area contributed by atoms with Gasteiger partial charge in [-0.05, 0) is 42.8 Å². The Bertz CT molecular complexity index is 643. The van der Waals surface area contributed by atoms with Crippen LogP contribution in [-0.2, 0) is 0 Å². The highest BCUT2D eigenvalue weighted by Crippen LogP contribution is 2.24. The zero-order chi connectivity index (χ0) is 14.0. The van der Waals surface area contributed by atoms with E-state index in [1.807, 2.05) is 0 Å². The molecule has 0 aromatic heterocycles. The van der Waals surface area contributed by atoms with E-state index in [1.165, 1.54) is 12.1 Å². The first kappa shape index (κ1) is 13.4. The maximum atomic E-state index is 13.1. The van der Waals surface area contributed by atoms with E-state index < -0.39 is 0 Å². The first-order chi connectivity index (χ1) is 8.99. The summed E-state index contributed by atoms with van der Waals surface area (Å²) < 4.78 is 13.1. The largest absolute Gasteiger partial charge is 0.398 e. The number of amides is 1. The molecule has 2 aromatic carbocycles. The Hall–Kier alpha value is -2.07. The Morgan fingerprint density at radius 1 is 1.32 bits per heavy atom. The molecule has 3 nitrogen and oxygen atoms in total. The van der Waals surface area contributed by atoms with Crippen molar-refractivity contribution < 1.29 is 9.18 Å².